The summed E-state index contributed by atoms with van der Waals surface area (Å²) in [4.78, 5) is 0. The van der Waals surface area contributed by atoms with Gasteiger partial charge < -0.3 is 15.1 Å². The molecule has 0 spiro atoms. The standard InChI is InChI=1S/3C24H20P.BO3/c3*1-5-13-21(14-6-1)25(22-15-7-2-8-16-22,23-17-9-3-10-18-23)24-19-11-4-12-20-24;2-1(3)4/h3*1-20H;/q3*+1;-3. The Labute approximate surface area is 469 Å². The Hall–Kier alpha value is -8.13. The lowest BCUT2D eigenvalue weighted by molar-refractivity contribution is -0.479. The van der Waals surface area contributed by atoms with Gasteiger partial charge in [-0.05, 0) is 146 Å². The summed E-state index contributed by atoms with van der Waals surface area (Å²) in [5.74, 6) is 0. The van der Waals surface area contributed by atoms with Crippen LogP contribution in [0.2, 0.25) is 0 Å². The predicted molar refractivity (Wildman–Crippen MR) is 339 cm³/mol. The third kappa shape index (κ3) is 12.6. The van der Waals surface area contributed by atoms with Gasteiger partial charge in [-0.25, -0.2) is 0 Å². The SMILES string of the molecule is [O-]B([O-])[O-].c1ccc([P+](c2ccccc2)(c2ccccc2)c2ccccc2)cc1.c1ccc([P+](c2ccccc2)(c2ccccc2)c2ccccc2)cc1.c1ccc([P+](c2ccccc2)(c2ccccc2)c2ccccc2)cc1. The molecular formula is C72H60BO3P3. The summed E-state index contributed by atoms with van der Waals surface area (Å²) in [6.45, 7) is 0. The molecule has 0 aliphatic carbocycles. The molecule has 0 saturated carbocycles. The van der Waals surface area contributed by atoms with Gasteiger partial charge in [0.2, 0.25) is 0 Å². The fraction of sp³-hybridized carbons (Fsp3) is 0. The van der Waals surface area contributed by atoms with Crippen LogP contribution in [0.25, 0.3) is 0 Å². The van der Waals surface area contributed by atoms with E-state index in [0.29, 0.717) is 0 Å². The van der Waals surface area contributed by atoms with Crippen molar-refractivity contribution in [1.29, 1.82) is 0 Å². The van der Waals surface area contributed by atoms with Crippen molar-refractivity contribution in [1.82, 2.24) is 0 Å². The first-order valence-electron chi connectivity index (χ1n) is 26.3. The van der Waals surface area contributed by atoms with E-state index >= 15 is 0 Å². The van der Waals surface area contributed by atoms with Gasteiger partial charge in [0.1, 0.15) is 85.4 Å². The second-order valence-corrected chi connectivity index (χ2v) is 28.5. The van der Waals surface area contributed by atoms with Gasteiger partial charge in [0.05, 0.1) is 0 Å². The van der Waals surface area contributed by atoms with Crippen molar-refractivity contribution in [3.05, 3.63) is 364 Å². The number of benzene rings is 12. The number of hydrogen-bond acceptors (Lipinski definition) is 3. The molecule has 0 bridgehead atoms. The minimum Gasteiger partial charge on any atom is -0.907 e. The average molecular weight is 1080 g/mol. The lowest BCUT2D eigenvalue weighted by atomic mass is 10.3. The van der Waals surface area contributed by atoms with Crippen LogP contribution >= 0.6 is 21.8 Å². The summed E-state index contributed by atoms with van der Waals surface area (Å²) < 4.78 is 0. The van der Waals surface area contributed by atoms with Crippen LogP contribution in [0.15, 0.2) is 364 Å². The van der Waals surface area contributed by atoms with Gasteiger partial charge in [0.25, 0.3) is 0 Å². The van der Waals surface area contributed by atoms with Gasteiger partial charge >= 0.3 is 0 Å². The Morgan fingerprint density at radius 3 is 0.266 bits per heavy atom. The molecule has 3 nitrogen and oxygen atoms in total. The monoisotopic (exact) mass is 1080 g/mol. The van der Waals surface area contributed by atoms with Crippen molar-refractivity contribution in [3.63, 3.8) is 0 Å². The molecule has 0 aromatic heterocycles. The van der Waals surface area contributed by atoms with Crippen molar-refractivity contribution in [2.75, 3.05) is 0 Å². The average Bonchev–Trinajstić information content (AvgIpc) is 3.61. The second kappa shape index (κ2) is 28.0. The smallest absolute Gasteiger partial charge is 0.144 e. The van der Waals surface area contributed by atoms with Crippen LogP contribution in [-0.2, 0) is 0 Å². The normalized spacial score (nSPS) is 11.0. The molecule has 12 aromatic rings. The molecule has 384 valence electrons. The van der Waals surface area contributed by atoms with Gasteiger partial charge in [-0.2, -0.15) is 0 Å². The van der Waals surface area contributed by atoms with Crippen LogP contribution in [0.5, 0.6) is 0 Å². The van der Waals surface area contributed by atoms with Gasteiger partial charge in [-0.15, -0.1) is 0 Å². The minimum absolute atomic E-state index is 1.39. The van der Waals surface area contributed by atoms with Crippen LogP contribution < -0.4 is 78.7 Å². The minimum atomic E-state index is -2.92. The van der Waals surface area contributed by atoms with E-state index in [9.17, 15) is 0 Å². The number of hydrogen-bond donors (Lipinski definition) is 0. The molecule has 0 aliphatic heterocycles. The zero-order valence-corrected chi connectivity index (χ0v) is 46.5. The summed E-state index contributed by atoms with van der Waals surface area (Å²) in [7, 11) is -8.63. The molecule has 12 rings (SSSR count). The van der Waals surface area contributed by atoms with E-state index in [1.165, 1.54) is 63.7 Å². The highest BCUT2D eigenvalue weighted by atomic mass is 31.2. The van der Waals surface area contributed by atoms with Gasteiger partial charge in [0, 0.05) is 0 Å². The van der Waals surface area contributed by atoms with E-state index < -0.39 is 29.1 Å². The zero-order valence-electron chi connectivity index (χ0n) is 43.8. The molecule has 0 aliphatic rings. The van der Waals surface area contributed by atoms with E-state index in [0.717, 1.165) is 0 Å². The van der Waals surface area contributed by atoms with E-state index in [4.69, 9.17) is 15.1 Å². The summed E-state index contributed by atoms with van der Waals surface area (Å²) in [5, 5.41) is 41.9. The number of rotatable bonds is 12. The highest BCUT2D eigenvalue weighted by Crippen LogP contribution is 2.56. The Bertz CT molecular complexity index is 2720. The summed E-state index contributed by atoms with van der Waals surface area (Å²) >= 11 is 0. The van der Waals surface area contributed by atoms with Crippen LogP contribution in [0.1, 0.15) is 0 Å². The molecule has 0 atom stereocenters. The van der Waals surface area contributed by atoms with Crippen LogP contribution in [0.3, 0.4) is 0 Å². The third-order valence-corrected chi connectivity index (χ3v) is 26.6. The van der Waals surface area contributed by atoms with Crippen LogP contribution in [0, 0.1) is 0 Å². The molecule has 0 saturated heterocycles. The Morgan fingerprint density at radius 1 is 0.139 bits per heavy atom. The van der Waals surface area contributed by atoms with Crippen LogP contribution in [-0.4, -0.2) is 7.32 Å². The second-order valence-electron chi connectivity index (χ2n) is 18.3. The van der Waals surface area contributed by atoms with E-state index in [1.54, 1.807) is 0 Å². The van der Waals surface area contributed by atoms with Crippen molar-refractivity contribution in [2.24, 2.45) is 0 Å². The fourth-order valence-electron chi connectivity index (χ4n) is 10.5. The molecule has 0 N–H and O–H groups in total. The third-order valence-electron chi connectivity index (χ3n) is 13.7. The molecule has 0 amide bonds. The van der Waals surface area contributed by atoms with Gasteiger partial charge in [-0.1, -0.05) is 218 Å². The molecule has 12 aromatic carbocycles. The van der Waals surface area contributed by atoms with Crippen molar-refractivity contribution in [3.8, 4) is 0 Å². The van der Waals surface area contributed by atoms with E-state index in [2.05, 4.69) is 364 Å². The van der Waals surface area contributed by atoms with Crippen molar-refractivity contribution >= 4 is 92.8 Å². The first-order chi connectivity index (χ1) is 39.0. The Balaban J connectivity index is 0.000000139. The highest BCUT2D eigenvalue weighted by molar-refractivity contribution is 8.02. The molecule has 0 heterocycles. The summed E-state index contributed by atoms with van der Waals surface area (Å²) in [6.07, 6.45) is 0. The molecule has 0 fully saturated rings. The maximum atomic E-state index is 8.42. The van der Waals surface area contributed by atoms with Gasteiger partial charge in [0.15, 0.2) is 0 Å². The maximum Gasteiger partial charge on any atom is 0.144 e. The first-order valence-corrected chi connectivity index (χ1v) is 31.7. The topological polar surface area (TPSA) is 69.2 Å². The molecule has 0 radical (unpaired) electrons. The first kappa shape index (κ1) is 55.6. The fourth-order valence-corrected chi connectivity index (χ4v) is 23.3. The van der Waals surface area contributed by atoms with Crippen molar-refractivity contribution < 1.29 is 15.1 Å². The summed E-state index contributed by atoms with van der Waals surface area (Å²) in [6, 6.07) is 131. The highest BCUT2D eigenvalue weighted by Gasteiger charge is 2.50. The predicted octanol–water partition coefficient (Wildman–Crippen LogP) is 8.97. The molecular weight excluding hydrogens is 1020 g/mol. The van der Waals surface area contributed by atoms with Crippen molar-refractivity contribution in [2.45, 2.75) is 0 Å². The molecule has 7 heteroatoms. The lowest BCUT2D eigenvalue weighted by Crippen LogP contribution is -2.56. The van der Waals surface area contributed by atoms with Crippen LogP contribution in [0.4, 0.5) is 0 Å². The Morgan fingerprint density at radius 2 is 0.203 bits per heavy atom. The van der Waals surface area contributed by atoms with E-state index in [-0.39, 0.29) is 0 Å². The molecule has 79 heavy (non-hydrogen) atoms. The largest absolute Gasteiger partial charge is 0.907 e. The zero-order chi connectivity index (χ0) is 54.4. The molecule has 0 unspecified atom stereocenters. The lowest BCUT2D eigenvalue weighted by Gasteiger charge is -2.35. The Kier molecular flexibility index (Phi) is 19.7. The van der Waals surface area contributed by atoms with Gasteiger partial charge in [-0.3, -0.25) is 7.32 Å². The quantitative estimate of drug-likeness (QED) is 0.0908. The summed E-state index contributed by atoms with van der Waals surface area (Å²) in [5.41, 5.74) is 0. The maximum absolute atomic E-state index is 8.42. The van der Waals surface area contributed by atoms with E-state index in [1.807, 2.05) is 0 Å².